The van der Waals surface area contributed by atoms with Crippen LogP contribution in [0.4, 0.5) is 0 Å². The smallest absolute Gasteiger partial charge is 1.00 e. The molecule has 13 heavy (non-hydrogen) atoms. The van der Waals surface area contributed by atoms with Crippen LogP contribution in [0.2, 0.25) is 0 Å². The average molecular weight is 222 g/mol. The molecule has 0 spiro atoms. The first-order valence-electron chi connectivity index (χ1n) is 3.70. The number of aliphatic hydroxyl groups excluding tert-OH is 2. The number of aliphatic hydroxyl groups is 2. The molecule has 0 rings (SSSR count). The summed E-state index contributed by atoms with van der Waals surface area (Å²) in [6.07, 6.45) is 0.499. The van der Waals surface area contributed by atoms with Gasteiger partial charge in [0.1, 0.15) is 0 Å². The molecule has 0 saturated carbocycles. The summed E-state index contributed by atoms with van der Waals surface area (Å²) in [4.78, 5) is 0. The zero-order valence-electron chi connectivity index (χ0n) is 8.68. The molecule has 76 valence electrons. The normalized spacial score (nSPS) is 13.5. The minimum atomic E-state index is -4.07. The van der Waals surface area contributed by atoms with Gasteiger partial charge in [-0.2, -0.15) is 8.42 Å². The first-order chi connectivity index (χ1) is 5.52. The van der Waals surface area contributed by atoms with Crippen LogP contribution in [0.25, 0.3) is 0 Å². The zero-order chi connectivity index (χ0) is 9.61. The molecule has 0 amide bonds. The van der Waals surface area contributed by atoms with Gasteiger partial charge in [0.05, 0.1) is 5.25 Å². The Morgan fingerprint density at radius 3 is 2.00 bits per heavy atom. The van der Waals surface area contributed by atoms with E-state index in [1.54, 1.807) is 0 Å². The van der Waals surface area contributed by atoms with Gasteiger partial charge in [-0.15, -0.1) is 0 Å². The minimum Gasteiger partial charge on any atom is -1.00 e. The van der Waals surface area contributed by atoms with Crippen molar-refractivity contribution in [1.29, 1.82) is 0 Å². The van der Waals surface area contributed by atoms with Gasteiger partial charge in [0.2, 0.25) is 0 Å². The van der Waals surface area contributed by atoms with Gasteiger partial charge in [0, 0.05) is 13.2 Å². The summed E-state index contributed by atoms with van der Waals surface area (Å²) in [5.74, 6) is 0. The Bertz CT molecular complexity index is 208. The molecule has 0 fully saturated rings. The van der Waals surface area contributed by atoms with Gasteiger partial charge in [0.15, 0.2) is 0 Å². The van der Waals surface area contributed by atoms with Crippen LogP contribution in [0, 0.1) is 0 Å². The van der Waals surface area contributed by atoms with E-state index in [2.05, 4.69) is 0 Å². The molecule has 3 N–H and O–H groups in total. The van der Waals surface area contributed by atoms with Crippen molar-refractivity contribution in [2.75, 3.05) is 13.2 Å². The third-order valence-electron chi connectivity index (χ3n) is 1.56. The molecule has 1 unspecified atom stereocenters. The van der Waals surface area contributed by atoms with Crippen LogP contribution in [0.3, 0.4) is 0 Å². The molecule has 5 nitrogen and oxygen atoms in total. The number of hydrogen-bond donors (Lipinski definition) is 3. The van der Waals surface area contributed by atoms with Crippen molar-refractivity contribution in [1.82, 2.24) is 0 Å². The van der Waals surface area contributed by atoms with E-state index in [0.717, 1.165) is 0 Å². The maximum atomic E-state index is 10.6. The molecule has 0 radical (unpaired) electrons. The second kappa shape index (κ2) is 8.16. The van der Waals surface area contributed by atoms with Crippen LogP contribution < -0.4 is 29.6 Å². The molecular weight excluding hydrogens is 207 g/mol. The molecule has 0 heterocycles. The zero-order valence-corrected chi connectivity index (χ0v) is 10.5. The summed E-state index contributed by atoms with van der Waals surface area (Å²) < 4.78 is 29.8. The minimum absolute atomic E-state index is 0. The predicted molar refractivity (Wildman–Crippen MR) is 44.5 cm³/mol. The Morgan fingerprint density at radius 1 is 1.15 bits per heavy atom. The molecule has 0 aromatic rings. The fourth-order valence-electron chi connectivity index (χ4n) is 0.905. The SMILES string of the molecule is O=S(=O)(O)C(CCO)CCCO.[H-].[Na+]. The summed E-state index contributed by atoms with van der Waals surface area (Å²) in [7, 11) is -4.07. The monoisotopic (exact) mass is 222 g/mol. The van der Waals surface area contributed by atoms with Gasteiger partial charge >= 0.3 is 29.6 Å². The van der Waals surface area contributed by atoms with E-state index in [4.69, 9.17) is 14.8 Å². The van der Waals surface area contributed by atoms with Crippen molar-refractivity contribution in [3.63, 3.8) is 0 Å². The third-order valence-corrected chi connectivity index (χ3v) is 2.87. The van der Waals surface area contributed by atoms with Crippen LogP contribution in [-0.2, 0) is 10.1 Å². The van der Waals surface area contributed by atoms with E-state index >= 15 is 0 Å². The molecule has 0 saturated heterocycles. The first kappa shape index (κ1) is 16.3. The third kappa shape index (κ3) is 7.87. The van der Waals surface area contributed by atoms with Crippen molar-refractivity contribution >= 4 is 10.1 Å². The molecule has 0 aliphatic rings. The summed E-state index contributed by atoms with van der Waals surface area (Å²) >= 11 is 0. The van der Waals surface area contributed by atoms with Gasteiger partial charge < -0.3 is 11.6 Å². The molecule has 7 heteroatoms. The van der Waals surface area contributed by atoms with Crippen LogP contribution in [0.1, 0.15) is 20.7 Å². The van der Waals surface area contributed by atoms with E-state index in [9.17, 15) is 8.42 Å². The topological polar surface area (TPSA) is 94.8 Å². The fraction of sp³-hybridized carbons (Fsp3) is 1.00. The second-order valence-electron chi connectivity index (χ2n) is 2.52. The van der Waals surface area contributed by atoms with Crippen molar-refractivity contribution in [3.05, 3.63) is 0 Å². The molecule has 0 aliphatic carbocycles. The quantitative estimate of drug-likeness (QED) is 0.320. The molecule has 0 aliphatic heterocycles. The Balaban J connectivity index is -0.000000605. The van der Waals surface area contributed by atoms with Crippen LogP contribution >= 0.6 is 0 Å². The van der Waals surface area contributed by atoms with Gasteiger partial charge in [-0.3, -0.25) is 4.55 Å². The number of hydrogen-bond acceptors (Lipinski definition) is 4. The van der Waals surface area contributed by atoms with Crippen molar-refractivity contribution in [2.45, 2.75) is 24.5 Å². The Kier molecular flexibility index (Phi) is 10.2. The van der Waals surface area contributed by atoms with E-state index in [0.29, 0.717) is 6.42 Å². The molecular formula is C6H15NaO5S. The summed E-state index contributed by atoms with van der Waals surface area (Å²) in [5.41, 5.74) is 0. The largest absolute Gasteiger partial charge is 1.00 e. The van der Waals surface area contributed by atoms with Crippen molar-refractivity contribution in [3.8, 4) is 0 Å². The van der Waals surface area contributed by atoms with Gasteiger partial charge in [-0.1, -0.05) is 0 Å². The van der Waals surface area contributed by atoms with Gasteiger partial charge in [0.25, 0.3) is 10.1 Å². The summed E-state index contributed by atoms with van der Waals surface area (Å²) in [5, 5.41) is 15.9. The Hall–Kier alpha value is 0.830. The first-order valence-corrected chi connectivity index (χ1v) is 5.20. The fourth-order valence-corrected chi connectivity index (χ4v) is 1.77. The van der Waals surface area contributed by atoms with E-state index in [1.165, 1.54) is 0 Å². The van der Waals surface area contributed by atoms with Crippen molar-refractivity contribution in [2.24, 2.45) is 0 Å². The van der Waals surface area contributed by atoms with Crippen LogP contribution in [-0.4, -0.2) is 41.6 Å². The van der Waals surface area contributed by atoms with Gasteiger partial charge in [-0.05, 0) is 19.3 Å². The van der Waals surface area contributed by atoms with E-state index in [-0.39, 0.29) is 57.0 Å². The van der Waals surface area contributed by atoms with E-state index < -0.39 is 15.4 Å². The Labute approximate surface area is 102 Å². The van der Waals surface area contributed by atoms with Crippen LogP contribution in [0.15, 0.2) is 0 Å². The average Bonchev–Trinajstić information content (AvgIpc) is 1.95. The summed E-state index contributed by atoms with van der Waals surface area (Å²) in [6.45, 7) is -0.396. The van der Waals surface area contributed by atoms with E-state index in [1.807, 2.05) is 0 Å². The standard InChI is InChI=1S/C6H14O5S.Na.H/c7-4-1-2-6(3-5-8)12(9,10)11;;/h6-8H,1-5H2,(H,9,10,11);;/q;+1;-1. The molecule has 0 aromatic heterocycles. The maximum absolute atomic E-state index is 10.6. The van der Waals surface area contributed by atoms with Crippen molar-refractivity contribution < 1.29 is 54.2 Å². The molecule has 1 atom stereocenters. The van der Waals surface area contributed by atoms with Crippen LogP contribution in [0.5, 0.6) is 0 Å². The number of rotatable bonds is 6. The second-order valence-corrected chi connectivity index (χ2v) is 4.21. The predicted octanol–water partition coefficient (Wildman–Crippen LogP) is -3.49. The molecule has 0 bridgehead atoms. The van der Waals surface area contributed by atoms with Gasteiger partial charge in [-0.25, -0.2) is 0 Å². The maximum Gasteiger partial charge on any atom is 1.00 e. The Morgan fingerprint density at radius 2 is 1.69 bits per heavy atom. The summed E-state index contributed by atoms with van der Waals surface area (Å²) in [6, 6.07) is 0. The molecule has 0 aromatic carbocycles.